The summed E-state index contributed by atoms with van der Waals surface area (Å²) in [5.74, 6) is -0.273. The molecule has 5 heteroatoms. The summed E-state index contributed by atoms with van der Waals surface area (Å²) in [4.78, 5) is 26.2. The number of nitrogens with one attached hydrogen (secondary N) is 1. The molecule has 2 rings (SSSR count). The highest BCUT2D eigenvalue weighted by Crippen LogP contribution is 2.32. The quantitative estimate of drug-likeness (QED) is 0.801. The largest absolute Gasteiger partial charge is 0.325 e. The Bertz CT molecular complexity index is 797. The van der Waals surface area contributed by atoms with E-state index in [1.165, 1.54) is 6.92 Å². The fourth-order valence-electron chi connectivity index (χ4n) is 2.78. The van der Waals surface area contributed by atoms with Gasteiger partial charge >= 0.3 is 0 Å². The van der Waals surface area contributed by atoms with Crippen LogP contribution in [0.3, 0.4) is 0 Å². The SMILES string of the molecule is CC(=O)N(CCC(=O)Nc1ccccc1Cl)c1ccccc1C(C)(C)C. The molecule has 0 saturated heterocycles. The van der Waals surface area contributed by atoms with Crippen LogP contribution in [0.2, 0.25) is 5.02 Å². The maximum Gasteiger partial charge on any atom is 0.226 e. The van der Waals surface area contributed by atoms with Gasteiger partial charge in [-0.25, -0.2) is 0 Å². The monoisotopic (exact) mass is 372 g/mol. The highest BCUT2D eigenvalue weighted by Gasteiger charge is 2.23. The van der Waals surface area contributed by atoms with E-state index in [1.807, 2.05) is 30.3 Å². The van der Waals surface area contributed by atoms with Crippen molar-refractivity contribution < 1.29 is 9.59 Å². The van der Waals surface area contributed by atoms with Crippen molar-refractivity contribution in [3.8, 4) is 0 Å². The van der Waals surface area contributed by atoms with E-state index in [9.17, 15) is 9.59 Å². The predicted molar refractivity (Wildman–Crippen MR) is 108 cm³/mol. The minimum Gasteiger partial charge on any atom is -0.325 e. The van der Waals surface area contributed by atoms with Gasteiger partial charge in [-0.05, 0) is 29.2 Å². The summed E-state index contributed by atoms with van der Waals surface area (Å²) in [6.07, 6.45) is 0.184. The Kier molecular flexibility index (Phi) is 6.43. The van der Waals surface area contributed by atoms with Crippen LogP contribution in [0, 0.1) is 0 Å². The van der Waals surface area contributed by atoms with Gasteiger partial charge in [0, 0.05) is 25.6 Å². The van der Waals surface area contributed by atoms with E-state index < -0.39 is 0 Å². The Labute approximate surface area is 160 Å². The Balaban J connectivity index is 2.14. The van der Waals surface area contributed by atoms with Gasteiger partial charge in [0.25, 0.3) is 0 Å². The molecule has 138 valence electrons. The summed E-state index contributed by atoms with van der Waals surface area (Å²) < 4.78 is 0. The lowest BCUT2D eigenvalue weighted by molar-refractivity contribution is -0.117. The zero-order valence-electron chi connectivity index (χ0n) is 15.7. The number of anilines is 2. The molecule has 0 radical (unpaired) electrons. The van der Waals surface area contributed by atoms with Crippen molar-refractivity contribution >= 4 is 34.8 Å². The van der Waals surface area contributed by atoms with E-state index in [-0.39, 0.29) is 23.7 Å². The van der Waals surface area contributed by atoms with Gasteiger partial charge in [0.1, 0.15) is 0 Å². The first-order valence-corrected chi connectivity index (χ1v) is 9.00. The maximum absolute atomic E-state index is 12.3. The molecule has 2 aromatic carbocycles. The van der Waals surface area contributed by atoms with Gasteiger partial charge in [-0.15, -0.1) is 0 Å². The molecule has 0 atom stereocenters. The molecule has 0 aliphatic heterocycles. The molecule has 0 unspecified atom stereocenters. The topological polar surface area (TPSA) is 49.4 Å². The van der Waals surface area contributed by atoms with E-state index in [0.29, 0.717) is 17.3 Å². The first kappa shape index (κ1) is 20.0. The molecule has 0 aliphatic rings. The third-order valence-corrected chi connectivity index (χ3v) is 4.42. The first-order valence-electron chi connectivity index (χ1n) is 8.62. The molecule has 4 nitrogen and oxygen atoms in total. The molecule has 1 N–H and O–H groups in total. The average molecular weight is 373 g/mol. The Morgan fingerprint density at radius 3 is 2.27 bits per heavy atom. The van der Waals surface area contributed by atoms with Crippen molar-refractivity contribution in [2.45, 2.75) is 39.5 Å². The highest BCUT2D eigenvalue weighted by atomic mass is 35.5. The van der Waals surface area contributed by atoms with Gasteiger partial charge in [-0.1, -0.05) is 62.7 Å². The van der Waals surface area contributed by atoms with Crippen molar-refractivity contribution in [1.82, 2.24) is 0 Å². The van der Waals surface area contributed by atoms with E-state index in [1.54, 1.807) is 23.1 Å². The van der Waals surface area contributed by atoms with Crippen molar-refractivity contribution in [3.05, 3.63) is 59.1 Å². The molecule has 0 heterocycles. The number of carbonyl (C=O) groups is 2. The van der Waals surface area contributed by atoms with Crippen LogP contribution >= 0.6 is 11.6 Å². The van der Waals surface area contributed by atoms with Crippen LogP contribution in [-0.4, -0.2) is 18.4 Å². The lowest BCUT2D eigenvalue weighted by atomic mass is 9.85. The standard InChI is InChI=1S/C21H25ClN2O2/c1-15(25)24(19-12-8-5-9-16(19)21(2,3)4)14-13-20(26)23-18-11-7-6-10-17(18)22/h5-12H,13-14H2,1-4H3,(H,23,26). The highest BCUT2D eigenvalue weighted by molar-refractivity contribution is 6.33. The van der Waals surface area contributed by atoms with Crippen molar-refractivity contribution in [1.29, 1.82) is 0 Å². The zero-order valence-corrected chi connectivity index (χ0v) is 16.4. The minimum atomic E-state index is -0.183. The second kappa shape index (κ2) is 8.37. The fraction of sp³-hybridized carbons (Fsp3) is 0.333. The van der Waals surface area contributed by atoms with Crippen LogP contribution in [0.15, 0.2) is 48.5 Å². The Hall–Kier alpha value is -2.33. The summed E-state index contributed by atoms with van der Waals surface area (Å²) in [7, 11) is 0. The molecule has 2 aromatic rings. The number of benzene rings is 2. The third kappa shape index (κ3) is 5.09. The molecule has 26 heavy (non-hydrogen) atoms. The molecule has 0 aromatic heterocycles. The van der Waals surface area contributed by atoms with Crippen molar-refractivity contribution in [3.63, 3.8) is 0 Å². The summed E-state index contributed by atoms with van der Waals surface area (Å²) >= 11 is 6.07. The number of nitrogens with zero attached hydrogens (tertiary/aromatic N) is 1. The fourth-order valence-corrected chi connectivity index (χ4v) is 2.96. The predicted octanol–water partition coefficient (Wildman–Crippen LogP) is 5.02. The van der Waals surface area contributed by atoms with Crippen molar-refractivity contribution in [2.75, 3.05) is 16.8 Å². The summed E-state index contributed by atoms with van der Waals surface area (Å²) in [5, 5.41) is 3.28. The van der Waals surface area contributed by atoms with Crippen LogP contribution in [0.1, 0.15) is 39.7 Å². The van der Waals surface area contributed by atoms with E-state index in [0.717, 1.165) is 11.3 Å². The summed E-state index contributed by atoms with van der Waals surface area (Å²) in [6.45, 7) is 8.14. The van der Waals surface area contributed by atoms with Gasteiger partial charge in [0.15, 0.2) is 0 Å². The second-order valence-corrected chi connectivity index (χ2v) is 7.62. The number of hydrogen-bond donors (Lipinski definition) is 1. The summed E-state index contributed by atoms with van der Waals surface area (Å²) in [5.41, 5.74) is 2.38. The van der Waals surface area contributed by atoms with Gasteiger partial charge in [0.2, 0.25) is 11.8 Å². The van der Waals surface area contributed by atoms with Crippen LogP contribution in [0.5, 0.6) is 0 Å². The number of hydrogen-bond acceptors (Lipinski definition) is 2. The van der Waals surface area contributed by atoms with Gasteiger partial charge in [-0.2, -0.15) is 0 Å². The molecule has 0 aliphatic carbocycles. The number of halogens is 1. The zero-order chi connectivity index (χ0) is 19.3. The molecule has 0 fully saturated rings. The van der Waals surface area contributed by atoms with Crippen LogP contribution in [-0.2, 0) is 15.0 Å². The number of para-hydroxylation sites is 2. The number of carbonyl (C=O) groups excluding carboxylic acids is 2. The van der Waals surface area contributed by atoms with Gasteiger partial charge in [0.05, 0.1) is 10.7 Å². The molecule has 0 saturated carbocycles. The first-order chi connectivity index (χ1) is 12.2. The smallest absolute Gasteiger partial charge is 0.226 e. The van der Waals surface area contributed by atoms with Gasteiger partial charge in [-0.3, -0.25) is 9.59 Å². The number of rotatable bonds is 5. The van der Waals surface area contributed by atoms with E-state index in [2.05, 4.69) is 26.1 Å². The number of amides is 2. The maximum atomic E-state index is 12.3. The van der Waals surface area contributed by atoms with Crippen LogP contribution < -0.4 is 10.2 Å². The molecule has 0 spiro atoms. The molecular weight excluding hydrogens is 348 g/mol. The van der Waals surface area contributed by atoms with Crippen LogP contribution in [0.25, 0.3) is 0 Å². The van der Waals surface area contributed by atoms with Gasteiger partial charge < -0.3 is 10.2 Å². The van der Waals surface area contributed by atoms with E-state index >= 15 is 0 Å². The van der Waals surface area contributed by atoms with Crippen molar-refractivity contribution in [2.24, 2.45) is 0 Å². The van der Waals surface area contributed by atoms with E-state index in [4.69, 9.17) is 11.6 Å². The molecule has 0 bridgehead atoms. The minimum absolute atomic E-state index is 0.0905. The third-order valence-electron chi connectivity index (χ3n) is 4.09. The lowest BCUT2D eigenvalue weighted by Crippen LogP contribution is -2.34. The summed E-state index contributed by atoms with van der Waals surface area (Å²) in [6, 6.07) is 14.9. The Morgan fingerprint density at radius 2 is 1.65 bits per heavy atom. The molecule has 2 amide bonds. The average Bonchev–Trinajstić information content (AvgIpc) is 2.56. The van der Waals surface area contributed by atoms with Crippen LogP contribution in [0.4, 0.5) is 11.4 Å². The Morgan fingerprint density at radius 1 is 1.04 bits per heavy atom. The molecular formula is C21H25ClN2O2. The lowest BCUT2D eigenvalue weighted by Gasteiger charge is -2.29. The second-order valence-electron chi connectivity index (χ2n) is 7.22. The normalized spacial score (nSPS) is 11.1.